The predicted octanol–water partition coefficient (Wildman–Crippen LogP) is 5.75. The van der Waals surface area contributed by atoms with Crippen molar-refractivity contribution in [1.82, 2.24) is 0 Å². The van der Waals surface area contributed by atoms with Crippen molar-refractivity contribution < 1.29 is 4.74 Å². The van der Waals surface area contributed by atoms with E-state index in [4.69, 9.17) is 4.74 Å². The summed E-state index contributed by atoms with van der Waals surface area (Å²) in [5, 5.41) is 3.76. The van der Waals surface area contributed by atoms with E-state index >= 15 is 0 Å². The van der Waals surface area contributed by atoms with Crippen LogP contribution in [0.4, 0.5) is 5.69 Å². The molecule has 1 atom stereocenters. The average Bonchev–Trinajstić information content (AvgIpc) is 2.70. The summed E-state index contributed by atoms with van der Waals surface area (Å²) in [7, 11) is 1.71. The second-order valence-corrected chi connectivity index (χ2v) is 7.45. The van der Waals surface area contributed by atoms with Gasteiger partial charge in [0, 0.05) is 11.7 Å². The van der Waals surface area contributed by atoms with Gasteiger partial charge in [-0.2, -0.15) is 0 Å². The fraction of sp³-hybridized carbons (Fsp3) is 0.280. The van der Waals surface area contributed by atoms with E-state index in [1.807, 2.05) is 12.1 Å². The molecule has 0 radical (unpaired) electrons. The normalized spacial score (nSPS) is 14.3. The molecule has 3 aromatic rings. The first-order chi connectivity index (χ1) is 13.2. The third-order valence-corrected chi connectivity index (χ3v) is 5.57. The zero-order chi connectivity index (χ0) is 18.6. The van der Waals surface area contributed by atoms with Gasteiger partial charge in [0.1, 0.15) is 5.75 Å². The van der Waals surface area contributed by atoms with Crippen LogP contribution >= 0.6 is 0 Å². The minimum absolute atomic E-state index is 0.246. The smallest absolute Gasteiger partial charge is 0.118 e. The van der Waals surface area contributed by atoms with E-state index in [-0.39, 0.29) is 6.04 Å². The van der Waals surface area contributed by atoms with E-state index in [0.717, 1.165) is 31.4 Å². The molecular weight excluding hydrogens is 330 g/mol. The minimum atomic E-state index is 0.246. The van der Waals surface area contributed by atoms with Gasteiger partial charge in [-0.15, -0.1) is 0 Å². The molecule has 0 amide bonds. The maximum Gasteiger partial charge on any atom is 0.118 e. The van der Waals surface area contributed by atoms with Crippen LogP contribution in [-0.2, 0) is 25.7 Å². The number of ether oxygens (including phenoxy) is 1. The molecule has 0 heterocycles. The van der Waals surface area contributed by atoms with Crippen molar-refractivity contribution in [3.8, 4) is 5.75 Å². The van der Waals surface area contributed by atoms with Gasteiger partial charge in [-0.3, -0.25) is 0 Å². The summed E-state index contributed by atoms with van der Waals surface area (Å²) in [5.41, 5.74) is 8.16. The van der Waals surface area contributed by atoms with Crippen molar-refractivity contribution in [3.63, 3.8) is 0 Å². The molecule has 0 saturated carbocycles. The first-order valence-electron chi connectivity index (χ1n) is 9.81. The summed E-state index contributed by atoms with van der Waals surface area (Å²) in [6.07, 6.45) is 4.29. The molecule has 3 aromatic carbocycles. The number of benzene rings is 3. The lowest BCUT2D eigenvalue weighted by molar-refractivity contribution is 0.414. The van der Waals surface area contributed by atoms with Gasteiger partial charge in [-0.25, -0.2) is 0 Å². The van der Waals surface area contributed by atoms with Crippen molar-refractivity contribution in [2.45, 2.75) is 38.6 Å². The predicted molar refractivity (Wildman–Crippen MR) is 113 cm³/mol. The van der Waals surface area contributed by atoms with Gasteiger partial charge < -0.3 is 10.1 Å². The van der Waals surface area contributed by atoms with E-state index < -0.39 is 0 Å². The number of hydrogen-bond acceptors (Lipinski definition) is 2. The molecule has 0 saturated heterocycles. The highest BCUT2D eigenvalue weighted by Gasteiger charge is 2.11. The van der Waals surface area contributed by atoms with E-state index in [1.165, 1.54) is 33.5 Å². The molecule has 4 bridgehead atoms. The van der Waals surface area contributed by atoms with E-state index in [0.29, 0.717) is 0 Å². The maximum absolute atomic E-state index is 5.28. The molecule has 0 fully saturated rings. The summed E-state index contributed by atoms with van der Waals surface area (Å²) in [6, 6.07) is 24.7. The minimum Gasteiger partial charge on any atom is -0.497 e. The quantitative estimate of drug-likeness (QED) is 0.642. The molecule has 7 rings (SSSR count). The average molecular weight is 357 g/mol. The highest BCUT2D eigenvalue weighted by Crippen LogP contribution is 2.27. The van der Waals surface area contributed by atoms with Gasteiger partial charge in [0.05, 0.1) is 7.11 Å². The highest BCUT2D eigenvalue weighted by molar-refractivity contribution is 5.55. The van der Waals surface area contributed by atoms with Gasteiger partial charge in [0.15, 0.2) is 0 Å². The molecule has 2 nitrogen and oxygen atoms in total. The number of rotatable bonds is 4. The Bertz CT molecular complexity index is 897. The number of hydrogen-bond donors (Lipinski definition) is 1. The molecule has 0 unspecified atom stereocenters. The third kappa shape index (κ3) is 4.16. The Morgan fingerprint density at radius 2 is 1.33 bits per heavy atom. The number of anilines is 1. The molecule has 4 aliphatic carbocycles. The van der Waals surface area contributed by atoms with E-state index in [9.17, 15) is 0 Å². The van der Waals surface area contributed by atoms with Crippen LogP contribution in [0.1, 0.15) is 40.8 Å². The van der Waals surface area contributed by atoms with Gasteiger partial charge in [0.2, 0.25) is 0 Å². The Labute approximate surface area is 162 Å². The SMILES string of the molecule is COc1ccc([C@H](C)Nc2cc3ccc2CCc2ccc(cc2)CC3)cc1. The van der Waals surface area contributed by atoms with Crippen LogP contribution in [0.15, 0.2) is 66.7 Å². The lowest BCUT2D eigenvalue weighted by Gasteiger charge is -2.20. The van der Waals surface area contributed by atoms with Crippen LogP contribution < -0.4 is 10.1 Å². The molecule has 138 valence electrons. The number of nitrogens with one attached hydrogen (secondary N) is 1. The Hall–Kier alpha value is -2.74. The Kier molecular flexibility index (Phi) is 5.15. The monoisotopic (exact) mass is 357 g/mol. The zero-order valence-corrected chi connectivity index (χ0v) is 16.2. The highest BCUT2D eigenvalue weighted by atomic mass is 16.5. The molecular formula is C25H27NO. The standard InChI is InChI=1S/C25H27NO/c1-18(22-13-15-24(27-2)16-14-22)26-25-17-21-8-7-19-3-5-20(6-4-19)9-11-23(25)12-10-21/h3-6,10,12-18,26H,7-9,11H2,1-2H3/t18-/m0/s1. The van der Waals surface area contributed by atoms with Crippen LogP contribution in [0.2, 0.25) is 0 Å². The topological polar surface area (TPSA) is 21.3 Å². The summed E-state index contributed by atoms with van der Waals surface area (Å²) in [4.78, 5) is 0. The summed E-state index contributed by atoms with van der Waals surface area (Å²) < 4.78 is 5.28. The van der Waals surface area contributed by atoms with Crippen molar-refractivity contribution in [1.29, 1.82) is 0 Å². The van der Waals surface area contributed by atoms with Crippen LogP contribution in [0.25, 0.3) is 0 Å². The zero-order valence-electron chi connectivity index (χ0n) is 16.2. The Morgan fingerprint density at radius 1 is 0.741 bits per heavy atom. The maximum atomic E-state index is 5.28. The summed E-state index contributed by atoms with van der Waals surface area (Å²) >= 11 is 0. The molecule has 0 aliphatic heterocycles. The van der Waals surface area contributed by atoms with Crippen molar-refractivity contribution >= 4 is 5.69 Å². The van der Waals surface area contributed by atoms with Crippen LogP contribution in [-0.4, -0.2) is 7.11 Å². The molecule has 4 aliphatic rings. The summed E-state index contributed by atoms with van der Waals surface area (Å²) in [6.45, 7) is 2.22. The van der Waals surface area contributed by atoms with Gasteiger partial charge in [0.25, 0.3) is 0 Å². The van der Waals surface area contributed by atoms with Crippen molar-refractivity contribution in [2.24, 2.45) is 0 Å². The number of aryl methyl sites for hydroxylation is 4. The number of methoxy groups -OCH3 is 1. The lowest BCUT2D eigenvalue weighted by atomic mass is 9.95. The van der Waals surface area contributed by atoms with E-state index in [2.05, 4.69) is 66.8 Å². The molecule has 27 heavy (non-hydrogen) atoms. The fourth-order valence-electron chi connectivity index (χ4n) is 3.78. The van der Waals surface area contributed by atoms with Gasteiger partial charge >= 0.3 is 0 Å². The molecule has 0 aromatic heterocycles. The fourth-order valence-corrected chi connectivity index (χ4v) is 3.78. The van der Waals surface area contributed by atoms with Crippen molar-refractivity contribution in [3.05, 3.63) is 94.5 Å². The van der Waals surface area contributed by atoms with Gasteiger partial charge in [-0.05, 0) is 78.6 Å². The Morgan fingerprint density at radius 3 is 2.00 bits per heavy atom. The van der Waals surface area contributed by atoms with Crippen LogP contribution in [0, 0.1) is 0 Å². The first-order valence-corrected chi connectivity index (χ1v) is 9.81. The van der Waals surface area contributed by atoms with Crippen molar-refractivity contribution in [2.75, 3.05) is 12.4 Å². The third-order valence-electron chi connectivity index (χ3n) is 5.57. The van der Waals surface area contributed by atoms with Crippen LogP contribution in [0.5, 0.6) is 5.75 Å². The largest absolute Gasteiger partial charge is 0.497 e. The molecule has 0 spiro atoms. The lowest BCUT2D eigenvalue weighted by Crippen LogP contribution is -2.10. The van der Waals surface area contributed by atoms with Crippen LogP contribution in [0.3, 0.4) is 0 Å². The molecule has 1 N–H and O–H groups in total. The van der Waals surface area contributed by atoms with E-state index in [1.54, 1.807) is 7.11 Å². The van der Waals surface area contributed by atoms with Gasteiger partial charge in [-0.1, -0.05) is 48.5 Å². The second kappa shape index (κ2) is 7.87. The summed E-state index contributed by atoms with van der Waals surface area (Å²) in [5.74, 6) is 0.897. The second-order valence-electron chi connectivity index (χ2n) is 7.45. The molecule has 2 heteroatoms. The Balaban J connectivity index is 1.58. The first kappa shape index (κ1) is 17.7.